The molecule has 8 bridgehead atoms. The number of nitro benzene ring substituents is 1. The molecule has 7 nitrogen and oxygen atoms in total. The molecule has 158 valence electrons. The SMILES string of the molecule is O=[N+]([O-])c1ccccc1-c1cc2cc3ccc(cc4nc(cc5nc(cc1[nH]2)C=C5)C=C4)[nH]3. The lowest BCUT2D eigenvalue weighted by Crippen LogP contribution is -1.90. The van der Waals surface area contributed by atoms with Gasteiger partial charge in [-0.05, 0) is 72.8 Å². The molecule has 0 fully saturated rings. The number of benzene rings is 1. The van der Waals surface area contributed by atoms with Gasteiger partial charge in [-0.2, -0.15) is 0 Å². The zero-order valence-electron chi connectivity index (χ0n) is 17.3. The van der Waals surface area contributed by atoms with Crippen LogP contribution < -0.4 is 0 Å². The molecule has 0 unspecified atom stereocenters. The average Bonchev–Trinajstić information content (AvgIpc) is 3.59. The molecule has 5 heterocycles. The highest BCUT2D eigenvalue weighted by atomic mass is 16.6. The summed E-state index contributed by atoms with van der Waals surface area (Å²) in [5.41, 5.74) is 8.00. The number of hydrogen-bond acceptors (Lipinski definition) is 4. The van der Waals surface area contributed by atoms with Crippen LogP contribution in [0.3, 0.4) is 0 Å². The molecular formula is C26H17N5O2. The lowest BCUT2D eigenvalue weighted by molar-refractivity contribution is -0.384. The maximum atomic E-state index is 11.7. The summed E-state index contributed by atoms with van der Waals surface area (Å²) in [4.78, 5) is 27.4. The minimum absolute atomic E-state index is 0.0580. The van der Waals surface area contributed by atoms with Gasteiger partial charge in [-0.1, -0.05) is 12.1 Å². The molecule has 0 amide bonds. The van der Waals surface area contributed by atoms with Crippen LogP contribution in [0.15, 0.2) is 66.7 Å². The van der Waals surface area contributed by atoms with Crippen molar-refractivity contribution in [2.75, 3.05) is 0 Å². The van der Waals surface area contributed by atoms with Crippen LogP contribution in [0.4, 0.5) is 5.69 Å². The van der Waals surface area contributed by atoms with E-state index in [2.05, 4.69) is 19.9 Å². The molecule has 4 aromatic rings. The van der Waals surface area contributed by atoms with E-state index in [0.29, 0.717) is 5.56 Å². The minimum atomic E-state index is -0.354. The van der Waals surface area contributed by atoms with Crippen LogP contribution in [0, 0.1) is 10.1 Å². The second-order valence-corrected chi connectivity index (χ2v) is 7.86. The Labute approximate surface area is 188 Å². The third kappa shape index (κ3) is 3.61. The number of hydrogen-bond donors (Lipinski definition) is 2. The largest absolute Gasteiger partial charge is 0.355 e. The van der Waals surface area contributed by atoms with Crippen LogP contribution in [0.5, 0.6) is 0 Å². The van der Waals surface area contributed by atoms with E-state index in [1.54, 1.807) is 18.2 Å². The van der Waals surface area contributed by atoms with Crippen LogP contribution >= 0.6 is 0 Å². The number of nitrogens with one attached hydrogen (secondary N) is 2. The summed E-state index contributed by atoms with van der Waals surface area (Å²) < 4.78 is 0. The average molecular weight is 431 g/mol. The fourth-order valence-corrected chi connectivity index (χ4v) is 4.10. The number of nitrogens with zero attached hydrogens (tertiary/aromatic N) is 3. The van der Waals surface area contributed by atoms with Crippen molar-refractivity contribution in [2.24, 2.45) is 0 Å². The van der Waals surface area contributed by atoms with E-state index in [1.165, 1.54) is 6.07 Å². The number of fused-ring (bicyclic) bond motifs is 8. The normalized spacial score (nSPS) is 12.2. The first-order valence-corrected chi connectivity index (χ1v) is 10.4. The van der Waals surface area contributed by atoms with Crippen molar-refractivity contribution in [1.82, 2.24) is 19.9 Å². The minimum Gasteiger partial charge on any atom is -0.355 e. The van der Waals surface area contributed by atoms with Gasteiger partial charge in [0, 0.05) is 33.7 Å². The smallest absolute Gasteiger partial charge is 0.277 e. The fraction of sp³-hybridized carbons (Fsp3) is 0. The highest BCUT2D eigenvalue weighted by molar-refractivity contribution is 5.91. The molecule has 0 radical (unpaired) electrons. The Balaban J connectivity index is 1.69. The Morgan fingerprint density at radius 3 is 2.00 bits per heavy atom. The first kappa shape index (κ1) is 18.9. The molecule has 0 saturated heterocycles. The molecule has 2 N–H and O–H groups in total. The zero-order valence-corrected chi connectivity index (χ0v) is 17.3. The van der Waals surface area contributed by atoms with Crippen molar-refractivity contribution < 1.29 is 4.92 Å². The van der Waals surface area contributed by atoms with Crippen LogP contribution in [-0.2, 0) is 0 Å². The molecule has 2 aliphatic heterocycles. The number of H-pyrrole nitrogens is 2. The Kier molecular flexibility index (Phi) is 4.26. The highest BCUT2D eigenvalue weighted by Crippen LogP contribution is 2.34. The number of para-hydroxylation sites is 1. The zero-order chi connectivity index (χ0) is 22.4. The van der Waals surface area contributed by atoms with Gasteiger partial charge < -0.3 is 9.97 Å². The Morgan fingerprint density at radius 1 is 0.636 bits per heavy atom. The van der Waals surface area contributed by atoms with E-state index in [1.807, 2.05) is 66.8 Å². The first-order valence-electron chi connectivity index (χ1n) is 10.4. The summed E-state index contributed by atoms with van der Waals surface area (Å²) in [6, 6.07) is 20.5. The molecule has 7 heteroatoms. The second kappa shape index (κ2) is 7.42. The van der Waals surface area contributed by atoms with Crippen LogP contribution in [-0.4, -0.2) is 24.9 Å². The van der Waals surface area contributed by atoms with Crippen molar-refractivity contribution >= 4 is 52.1 Å². The van der Waals surface area contributed by atoms with Gasteiger partial charge in [0.1, 0.15) is 0 Å². The molecular weight excluding hydrogens is 414 g/mol. The monoisotopic (exact) mass is 431 g/mol. The van der Waals surface area contributed by atoms with Gasteiger partial charge in [-0.25, -0.2) is 9.97 Å². The third-order valence-corrected chi connectivity index (χ3v) is 5.56. The van der Waals surface area contributed by atoms with Crippen molar-refractivity contribution in [3.63, 3.8) is 0 Å². The van der Waals surface area contributed by atoms with E-state index < -0.39 is 0 Å². The van der Waals surface area contributed by atoms with Gasteiger partial charge in [0.25, 0.3) is 5.69 Å². The van der Waals surface area contributed by atoms with E-state index >= 15 is 0 Å². The maximum Gasteiger partial charge on any atom is 0.277 e. The van der Waals surface area contributed by atoms with Crippen molar-refractivity contribution in [3.05, 3.63) is 99.6 Å². The van der Waals surface area contributed by atoms with Crippen molar-refractivity contribution in [3.8, 4) is 11.1 Å². The summed E-state index contributed by atoms with van der Waals surface area (Å²) in [5, 5.41) is 11.7. The van der Waals surface area contributed by atoms with Gasteiger partial charge in [-0.3, -0.25) is 10.1 Å². The standard InChI is InChI=1S/C26H17N5O2/c32-31(33)26-4-2-1-3-23(26)24-14-22-13-20-8-7-18(28-20)11-16-5-6-17(27-16)12-19-9-10-21(29-19)15-25(24)30-22/h1-15,28,30H. The summed E-state index contributed by atoms with van der Waals surface area (Å²) in [5.74, 6) is 0. The van der Waals surface area contributed by atoms with E-state index in [4.69, 9.17) is 0 Å². The lowest BCUT2D eigenvalue weighted by atomic mass is 10.0. The van der Waals surface area contributed by atoms with Crippen LogP contribution in [0.1, 0.15) is 22.8 Å². The number of aromatic amines is 2. The third-order valence-electron chi connectivity index (χ3n) is 5.56. The van der Waals surface area contributed by atoms with Crippen LogP contribution in [0.2, 0.25) is 0 Å². The van der Waals surface area contributed by atoms with Gasteiger partial charge in [0.15, 0.2) is 0 Å². The molecule has 0 saturated carbocycles. The number of aromatic nitrogens is 4. The van der Waals surface area contributed by atoms with E-state index in [-0.39, 0.29) is 10.6 Å². The molecule has 2 aliphatic rings. The lowest BCUT2D eigenvalue weighted by Gasteiger charge is -2.00. The van der Waals surface area contributed by atoms with Gasteiger partial charge in [-0.15, -0.1) is 0 Å². The fourth-order valence-electron chi connectivity index (χ4n) is 4.10. The molecule has 6 rings (SSSR count). The summed E-state index contributed by atoms with van der Waals surface area (Å²) in [6.45, 7) is 0. The molecule has 0 spiro atoms. The maximum absolute atomic E-state index is 11.7. The predicted octanol–water partition coefficient (Wildman–Crippen LogP) is 6.23. The van der Waals surface area contributed by atoms with Crippen molar-refractivity contribution in [2.45, 2.75) is 0 Å². The summed E-state index contributed by atoms with van der Waals surface area (Å²) in [7, 11) is 0. The van der Waals surface area contributed by atoms with Gasteiger partial charge in [0.2, 0.25) is 0 Å². The van der Waals surface area contributed by atoms with Gasteiger partial charge in [0.05, 0.1) is 33.3 Å². The Morgan fingerprint density at radius 2 is 1.27 bits per heavy atom. The van der Waals surface area contributed by atoms with Crippen molar-refractivity contribution in [1.29, 1.82) is 0 Å². The van der Waals surface area contributed by atoms with E-state index in [9.17, 15) is 10.1 Å². The summed E-state index contributed by atoms with van der Waals surface area (Å²) >= 11 is 0. The Bertz CT molecular complexity index is 1660. The topological polar surface area (TPSA) is 100 Å². The number of nitro groups is 1. The molecule has 33 heavy (non-hydrogen) atoms. The highest BCUT2D eigenvalue weighted by Gasteiger charge is 2.17. The molecule has 0 atom stereocenters. The van der Waals surface area contributed by atoms with Crippen LogP contribution in [0.25, 0.3) is 57.5 Å². The molecule has 1 aromatic carbocycles. The second-order valence-electron chi connectivity index (χ2n) is 7.86. The molecule has 0 aliphatic carbocycles. The van der Waals surface area contributed by atoms with E-state index in [0.717, 1.165) is 50.4 Å². The van der Waals surface area contributed by atoms with Gasteiger partial charge >= 0.3 is 0 Å². The summed E-state index contributed by atoms with van der Waals surface area (Å²) in [6.07, 6.45) is 7.78. The molecule has 3 aromatic heterocycles. The number of rotatable bonds is 2. The quantitative estimate of drug-likeness (QED) is 0.251. The first-order chi connectivity index (χ1) is 16.1. The Hall–Kier alpha value is -4.78. The predicted molar refractivity (Wildman–Crippen MR) is 131 cm³/mol.